The first-order valence-electron chi connectivity index (χ1n) is 7.77. The number of hydrogen-bond acceptors (Lipinski definition) is 2. The molecule has 0 aromatic carbocycles. The van der Waals surface area contributed by atoms with E-state index in [4.69, 9.17) is 5.73 Å². The molecule has 2 aliphatic rings. The molecule has 2 nitrogen and oxygen atoms in total. The molecule has 1 aliphatic carbocycles. The molecule has 1 aliphatic heterocycles. The number of hydrogen-bond donors (Lipinski definition) is 1. The Balaban J connectivity index is 1.73. The van der Waals surface area contributed by atoms with Crippen LogP contribution in [0.1, 0.15) is 58.3 Å². The molecular formula is C15H30N2. The Labute approximate surface area is 107 Å². The van der Waals surface area contributed by atoms with E-state index in [1.165, 1.54) is 71.0 Å². The van der Waals surface area contributed by atoms with E-state index in [1.54, 1.807) is 0 Å². The molecule has 17 heavy (non-hydrogen) atoms. The molecule has 1 saturated carbocycles. The predicted molar refractivity (Wildman–Crippen MR) is 74.0 cm³/mol. The highest BCUT2D eigenvalue weighted by molar-refractivity contribution is 4.82. The van der Waals surface area contributed by atoms with Crippen molar-refractivity contribution < 1.29 is 0 Å². The first-order chi connectivity index (χ1) is 8.29. The van der Waals surface area contributed by atoms with Gasteiger partial charge in [0.25, 0.3) is 0 Å². The quantitative estimate of drug-likeness (QED) is 0.798. The Morgan fingerprint density at radius 1 is 1.18 bits per heavy atom. The maximum Gasteiger partial charge on any atom is 0.00702 e. The Morgan fingerprint density at radius 2 is 1.94 bits per heavy atom. The van der Waals surface area contributed by atoms with Gasteiger partial charge in [-0.1, -0.05) is 19.8 Å². The van der Waals surface area contributed by atoms with Crippen LogP contribution in [0.2, 0.25) is 0 Å². The van der Waals surface area contributed by atoms with Crippen molar-refractivity contribution in [3.63, 3.8) is 0 Å². The Morgan fingerprint density at radius 3 is 2.65 bits per heavy atom. The fourth-order valence-electron chi connectivity index (χ4n) is 3.83. The summed E-state index contributed by atoms with van der Waals surface area (Å²) in [6.45, 7) is 6.21. The second-order valence-corrected chi connectivity index (χ2v) is 6.25. The van der Waals surface area contributed by atoms with E-state index in [9.17, 15) is 0 Å². The lowest BCUT2D eigenvalue weighted by atomic mass is 9.86. The number of piperidine rings is 1. The van der Waals surface area contributed by atoms with Crippen LogP contribution in [0.25, 0.3) is 0 Å². The van der Waals surface area contributed by atoms with Crippen LogP contribution in [-0.4, -0.2) is 30.6 Å². The smallest absolute Gasteiger partial charge is 0.00702 e. The van der Waals surface area contributed by atoms with Crippen molar-refractivity contribution in [2.45, 2.75) is 64.3 Å². The summed E-state index contributed by atoms with van der Waals surface area (Å²) in [4.78, 5) is 2.65. The summed E-state index contributed by atoms with van der Waals surface area (Å²) in [5.74, 6) is 1.72. The van der Waals surface area contributed by atoms with Crippen molar-refractivity contribution in [2.24, 2.45) is 17.6 Å². The second-order valence-electron chi connectivity index (χ2n) is 6.25. The molecule has 2 heteroatoms. The van der Waals surface area contributed by atoms with Crippen LogP contribution in [0.5, 0.6) is 0 Å². The van der Waals surface area contributed by atoms with Crippen LogP contribution in [0.15, 0.2) is 0 Å². The lowest BCUT2D eigenvalue weighted by Gasteiger charge is -2.34. The van der Waals surface area contributed by atoms with Gasteiger partial charge in [0, 0.05) is 12.6 Å². The van der Waals surface area contributed by atoms with Gasteiger partial charge in [0.15, 0.2) is 0 Å². The highest BCUT2D eigenvalue weighted by atomic mass is 15.1. The van der Waals surface area contributed by atoms with Crippen molar-refractivity contribution >= 4 is 0 Å². The summed E-state index contributed by atoms with van der Waals surface area (Å²) in [6.07, 6.45) is 11.0. The first-order valence-corrected chi connectivity index (χ1v) is 7.77. The number of likely N-dealkylation sites (tertiary alicyclic amines) is 1. The van der Waals surface area contributed by atoms with Crippen LogP contribution < -0.4 is 5.73 Å². The third-order valence-electron chi connectivity index (χ3n) is 4.75. The summed E-state index contributed by atoms with van der Waals surface area (Å²) in [5, 5.41) is 0. The zero-order valence-electron chi connectivity index (χ0n) is 11.5. The second kappa shape index (κ2) is 6.75. The minimum absolute atomic E-state index is 0.490. The third-order valence-corrected chi connectivity index (χ3v) is 4.75. The normalized spacial score (nSPS) is 29.6. The van der Waals surface area contributed by atoms with E-state index < -0.39 is 0 Å². The molecule has 0 aromatic heterocycles. The Hall–Kier alpha value is -0.0800. The molecule has 0 spiro atoms. The Bertz CT molecular complexity index is 209. The molecule has 0 radical (unpaired) electrons. The van der Waals surface area contributed by atoms with E-state index in [2.05, 4.69) is 11.8 Å². The summed E-state index contributed by atoms with van der Waals surface area (Å²) in [5.41, 5.74) is 6.41. The number of nitrogens with zero attached hydrogens (tertiary/aromatic N) is 1. The van der Waals surface area contributed by atoms with Gasteiger partial charge in [-0.3, -0.25) is 0 Å². The molecule has 2 unspecified atom stereocenters. The van der Waals surface area contributed by atoms with Crippen LogP contribution in [0.4, 0.5) is 0 Å². The van der Waals surface area contributed by atoms with Crippen molar-refractivity contribution in [1.29, 1.82) is 0 Å². The standard InChI is InChI=1S/C15H30N2/c1-2-9-17-10-5-6-13(12-17)11-15(16)14-7-3-4-8-14/h13-15H,2-12,16H2,1H3. The fourth-order valence-corrected chi connectivity index (χ4v) is 3.83. The molecule has 100 valence electrons. The molecule has 0 bridgehead atoms. The first kappa shape index (κ1) is 13.4. The minimum Gasteiger partial charge on any atom is -0.327 e. The van der Waals surface area contributed by atoms with Gasteiger partial charge in [-0.05, 0) is 63.5 Å². The van der Waals surface area contributed by atoms with E-state index >= 15 is 0 Å². The number of rotatable bonds is 5. The van der Waals surface area contributed by atoms with Gasteiger partial charge in [-0.15, -0.1) is 0 Å². The Kier molecular flexibility index (Phi) is 5.30. The van der Waals surface area contributed by atoms with Crippen LogP contribution in [-0.2, 0) is 0 Å². The zero-order chi connectivity index (χ0) is 12.1. The highest BCUT2D eigenvalue weighted by Gasteiger charge is 2.26. The molecular weight excluding hydrogens is 208 g/mol. The lowest BCUT2D eigenvalue weighted by molar-refractivity contribution is 0.157. The summed E-state index contributed by atoms with van der Waals surface area (Å²) in [7, 11) is 0. The van der Waals surface area contributed by atoms with Crippen molar-refractivity contribution in [1.82, 2.24) is 4.90 Å². The molecule has 2 rings (SSSR count). The maximum absolute atomic E-state index is 6.41. The van der Waals surface area contributed by atoms with Crippen molar-refractivity contribution in [3.8, 4) is 0 Å². The maximum atomic E-state index is 6.41. The van der Waals surface area contributed by atoms with Gasteiger partial charge in [0.2, 0.25) is 0 Å². The molecule has 0 aromatic rings. The lowest BCUT2D eigenvalue weighted by Crippen LogP contribution is -2.39. The molecule has 2 fully saturated rings. The van der Waals surface area contributed by atoms with Crippen LogP contribution >= 0.6 is 0 Å². The SMILES string of the molecule is CCCN1CCCC(CC(N)C2CCCC2)C1. The van der Waals surface area contributed by atoms with Crippen LogP contribution in [0, 0.1) is 11.8 Å². The fraction of sp³-hybridized carbons (Fsp3) is 1.00. The van der Waals surface area contributed by atoms with Gasteiger partial charge in [0.05, 0.1) is 0 Å². The van der Waals surface area contributed by atoms with Gasteiger partial charge < -0.3 is 10.6 Å². The van der Waals surface area contributed by atoms with Crippen LogP contribution in [0.3, 0.4) is 0 Å². The minimum atomic E-state index is 0.490. The summed E-state index contributed by atoms with van der Waals surface area (Å²) < 4.78 is 0. The van der Waals surface area contributed by atoms with E-state index in [0.29, 0.717) is 6.04 Å². The third kappa shape index (κ3) is 3.96. The summed E-state index contributed by atoms with van der Waals surface area (Å²) >= 11 is 0. The monoisotopic (exact) mass is 238 g/mol. The number of nitrogens with two attached hydrogens (primary N) is 1. The van der Waals surface area contributed by atoms with E-state index in [1.807, 2.05) is 0 Å². The molecule has 1 heterocycles. The van der Waals surface area contributed by atoms with Crippen molar-refractivity contribution in [3.05, 3.63) is 0 Å². The van der Waals surface area contributed by atoms with Gasteiger partial charge >= 0.3 is 0 Å². The average Bonchev–Trinajstić information content (AvgIpc) is 2.83. The van der Waals surface area contributed by atoms with Gasteiger partial charge in [-0.25, -0.2) is 0 Å². The zero-order valence-corrected chi connectivity index (χ0v) is 11.5. The van der Waals surface area contributed by atoms with Gasteiger partial charge in [-0.2, -0.15) is 0 Å². The predicted octanol–water partition coefficient (Wildman–Crippen LogP) is 3.02. The molecule has 2 N–H and O–H groups in total. The average molecular weight is 238 g/mol. The topological polar surface area (TPSA) is 29.3 Å². The highest BCUT2D eigenvalue weighted by Crippen LogP contribution is 2.31. The molecule has 0 amide bonds. The van der Waals surface area contributed by atoms with Crippen molar-refractivity contribution in [2.75, 3.05) is 19.6 Å². The molecule has 1 saturated heterocycles. The largest absolute Gasteiger partial charge is 0.327 e. The molecule has 2 atom stereocenters. The van der Waals surface area contributed by atoms with E-state index in [0.717, 1.165) is 11.8 Å². The van der Waals surface area contributed by atoms with E-state index in [-0.39, 0.29) is 0 Å². The summed E-state index contributed by atoms with van der Waals surface area (Å²) in [6, 6.07) is 0.490. The van der Waals surface area contributed by atoms with Gasteiger partial charge in [0.1, 0.15) is 0 Å².